The molecule has 2 aromatic rings. The Morgan fingerprint density at radius 2 is 1.86 bits per heavy atom. The highest BCUT2D eigenvalue weighted by Gasteiger charge is 2.20. The van der Waals surface area contributed by atoms with E-state index in [0.29, 0.717) is 11.1 Å². The van der Waals surface area contributed by atoms with Gasteiger partial charge in [0.1, 0.15) is 16.7 Å². The van der Waals surface area contributed by atoms with E-state index in [0.717, 1.165) is 0 Å². The summed E-state index contributed by atoms with van der Waals surface area (Å²) >= 11 is 23.4. The van der Waals surface area contributed by atoms with Gasteiger partial charge in [-0.3, -0.25) is 4.79 Å². The van der Waals surface area contributed by atoms with Crippen molar-refractivity contribution in [3.05, 3.63) is 61.1 Å². The molecule has 22 heavy (non-hydrogen) atoms. The number of hydrogen-bond acceptors (Lipinski definition) is 2. The second-order valence-electron chi connectivity index (χ2n) is 4.46. The molecule has 1 N–H and O–H groups in total. The number of halogens is 5. The molecule has 8 heteroatoms. The van der Waals surface area contributed by atoms with Gasteiger partial charge in [0.2, 0.25) is 0 Å². The highest BCUT2D eigenvalue weighted by molar-refractivity contribution is 6.52. The molecule has 1 aromatic heterocycles. The summed E-state index contributed by atoms with van der Waals surface area (Å²) < 4.78 is 13.4. The van der Waals surface area contributed by atoms with E-state index >= 15 is 0 Å². The Labute approximate surface area is 146 Å². The minimum Gasteiger partial charge on any atom is -0.347 e. The van der Waals surface area contributed by atoms with Gasteiger partial charge >= 0.3 is 0 Å². The van der Waals surface area contributed by atoms with Gasteiger partial charge in [-0.1, -0.05) is 58.5 Å². The molecule has 2 rings (SSSR count). The molecule has 116 valence electrons. The van der Waals surface area contributed by atoms with E-state index in [9.17, 15) is 9.18 Å². The molecule has 0 aliphatic heterocycles. The number of carbonyl (C=O) groups excluding carboxylic acids is 1. The Bertz CT molecular complexity index is 752. The van der Waals surface area contributed by atoms with Crippen LogP contribution in [0.1, 0.15) is 21.6 Å². The molecule has 1 heterocycles. The molecule has 0 radical (unpaired) electrons. The molecule has 0 fully saturated rings. The number of nitrogens with one attached hydrogen (secondary N) is 1. The molecule has 0 spiro atoms. The molecule has 0 bridgehead atoms. The number of hydrogen-bond donors (Lipinski definition) is 1. The minimum absolute atomic E-state index is 0.0227. The van der Waals surface area contributed by atoms with Gasteiger partial charge in [0, 0.05) is 6.54 Å². The molecule has 0 saturated heterocycles. The maximum absolute atomic E-state index is 13.4. The number of nitrogens with zero attached hydrogens (tertiary/aromatic N) is 1. The Morgan fingerprint density at radius 1 is 1.18 bits per heavy atom. The van der Waals surface area contributed by atoms with Crippen molar-refractivity contribution < 1.29 is 9.18 Å². The second kappa shape index (κ2) is 7.01. The summed E-state index contributed by atoms with van der Waals surface area (Å²) in [6.07, 6.45) is 0. The van der Waals surface area contributed by atoms with Crippen molar-refractivity contribution in [2.45, 2.75) is 13.5 Å². The minimum atomic E-state index is -0.591. The molecule has 0 unspecified atom stereocenters. The average Bonchev–Trinajstić information content (AvgIpc) is 2.49. The van der Waals surface area contributed by atoms with Crippen LogP contribution < -0.4 is 5.32 Å². The number of aryl methyl sites for hydroxylation is 1. The van der Waals surface area contributed by atoms with Crippen LogP contribution in [0.5, 0.6) is 0 Å². The van der Waals surface area contributed by atoms with Crippen molar-refractivity contribution in [3.8, 4) is 0 Å². The summed E-state index contributed by atoms with van der Waals surface area (Å²) in [5, 5.41) is 2.28. The fraction of sp³-hybridized carbons (Fsp3) is 0.143. The van der Waals surface area contributed by atoms with Crippen molar-refractivity contribution >= 4 is 52.3 Å². The van der Waals surface area contributed by atoms with E-state index in [2.05, 4.69) is 10.3 Å². The molecule has 1 amide bonds. The number of amides is 1. The Balaban J connectivity index is 2.18. The number of pyridine rings is 1. The van der Waals surface area contributed by atoms with Crippen LogP contribution in [0.4, 0.5) is 4.39 Å². The lowest BCUT2D eigenvalue weighted by atomic mass is 10.1. The van der Waals surface area contributed by atoms with E-state index in [-0.39, 0.29) is 38.3 Å². The number of benzene rings is 1. The topological polar surface area (TPSA) is 42.0 Å². The van der Waals surface area contributed by atoms with Crippen LogP contribution >= 0.6 is 46.4 Å². The Hall–Kier alpha value is -1.07. The smallest absolute Gasteiger partial charge is 0.271 e. The summed E-state index contributed by atoms with van der Waals surface area (Å²) in [5.74, 6) is -0.938. The third-order valence-corrected chi connectivity index (χ3v) is 4.57. The Kier molecular flexibility index (Phi) is 5.50. The lowest BCUT2D eigenvalue weighted by Gasteiger charge is -2.09. The lowest BCUT2D eigenvalue weighted by Crippen LogP contribution is -2.24. The van der Waals surface area contributed by atoms with Crippen LogP contribution in [0.25, 0.3) is 0 Å². The van der Waals surface area contributed by atoms with Crippen molar-refractivity contribution in [1.29, 1.82) is 0 Å². The van der Waals surface area contributed by atoms with Crippen molar-refractivity contribution in [2.75, 3.05) is 0 Å². The summed E-state index contributed by atoms with van der Waals surface area (Å²) in [5.41, 5.74) is 0.975. The molecule has 0 aliphatic rings. The first-order valence-corrected chi connectivity index (χ1v) is 7.55. The standard InChI is InChI=1S/C14H9Cl4FN2O/c1-6-2-3-7(4-8(6)19)5-20-14(22)12-10(16)9(15)11(17)13(18)21-12/h2-4H,5H2,1H3,(H,20,22). The SMILES string of the molecule is Cc1ccc(CNC(=O)c2nc(Cl)c(Cl)c(Cl)c2Cl)cc1F. The first-order valence-electron chi connectivity index (χ1n) is 6.04. The number of aromatic nitrogens is 1. The van der Waals surface area contributed by atoms with E-state index in [1.165, 1.54) is 6.07 Å². The number of rotatable bonds is 3. The molecule has 1 aromatic carbocycles. The van der Waals surface area contributed by atoms with Crippen LogP contribution in [0, 0.1) is 12.7 Å². The largest absolute Gasteiger partial charge is 0.347 e. The maximum Gasteiger partial charge on any atom is 0.271 e. The highest BCUT2D eigenvalue weighted by Crippen LogP contribution is 2.36. The van der Waals surface area contributed by atoms with E-state index in [1.54, 1.807) is 19.1 Å². The van der Waals surface area contributed by atoms with E-state index in [1.807, 2.05) is 0 Å². The molecule has 0 aliphatic carbocycles. The summed E-state index contributed by atoms with van der Waals surface area (Å²) in [6.45, 7) is 1.75. The molecular formula is C14H9Cl4FN2O. The zero-order valence-electron chi connectivity index (χ0n) is 11.2. The fourth-order valence-corrected chi connectivity index (χ4v) is 2.46. The maximum atomic E-state index is 13.4. The predicted octanol–water partition coefficient (Wildman–Crippen LogP) is 5.07. The second-order valence-corrected chi connectivity index (χ2v) is 5.95. The van der Waals surface area contributed by atoms with E-state index < -0.39 is 5.91 Å². The third-order valence-electron chi connectivity index (χ3n) is 2.89. The normalized spacial score (nSPS) is 10.6. The first-order chi connectivity index (χ1) is 10.3. The summed E-state index contributed by atoms with van der Waals surface area (Å²) in [6, 6.07) is 4.67. The van der Waals surface area contributed by atoms with Gasteiger partial charge < -0.3 is 5.32 Å². The zero-order valence-corrected chi connectivity index (χ0v) is 14.2. The third kappa shape index (κ3) is 3.63. The van der Waals surface area contributed by atoms with Crippen LogP contribution in [0.2, 0.25) is 20.2 Å². The van der Waals surface area contributed by atoms with Crippen molar-refractivity contribution in [2.24, 2.45) is 0 Å². The molecule has 3 nitrogen and oxygen atoms in total. The van der Waals surface area contributed by atoms with E-state index in [4.69, 9.17) is 46.4 Å². The highest BCUT2D eigenvalue weighted by atomic mass is 35.5. The Morgan fingerprint density at radius 3 is 2.50 bits per heavy atom. The van der Waals surface area contributed by atoms with Gasteiger partial charge in [0.05, 0.1) is 15.1 Å². The van der Waals surface area contributed by atoms with Crippen LogP contribution in [-0.4, -0.2) is 10.9 Å². The van der Waals surface area contributed by atoms with Gasteiger partial charge in [0.25, 0.3) is 5.91 Å². The van der Waals surface area contributed by atoms with Crippen LogP contribution in [0.15, 0.2) is 18.2 Å². The molecule has 0 atom stereocenters. The first kappa shape index (κ1) is 17.3. The van der Waals surface area contributed by atoms with Gasteiger partial charge in [-0.25, -0.2) is 9.37 Å². The number of carbonyl (C=O) groups is 1. The van der Waals surface area contributed by atoms with Crippen LogP contribution in [0.3, 0.4) is 0 Å². The monoisotopic (exact) mass is 380 g/mol. The van der Waals surface area contributed by atoms with Gasteiger partial charge in [0.15, 0.2) is 0 Å². The lowest BCUT2D eigenvalue weighted by molar-refractivity contribution is 0.0946. The van der Waals surface area contributed by atoms with Gasteiger partial charge in [-0.15, -0.1) is 0 Å². The van der Waals surface area contributed by atoms with Gasteiger partial charge in [-0.05, 0) is 24.1 Å². The zero-order chi connectivity index (χ0) is 16.4. The van der Waals surface area contributed by atoms with Crippen molar-refractivity contribution in [1.82, 2.24) is 10.3 Å². The van der Waals surface area contributed by atoms with Gasteiger partial charge in [-0.2, -0.15) is 0 Å². The van der Waals surface area contributed by atoms with Crippen molar-refractivity contribution in [3.63, 3.8) is 0 Å². The summed E-state index contributed by atoms with van der Waals surface area (Å²) in [4.78, 5) is 15.9. The molecular weight excluding hydrogens is 373 g/mol. The quantitative estimate of drug-likeness (QED) is 0.754. The summed E-state index contributed by atoms with van der Waals surface area (Å²) in [7, 11) is 0. The molecule has 0 saturated carbocycles. The predicted molar refractivity (Wildman–Crippen MR) is 86.6 cm³/mol. The average molecular weight is 382 g/mol. The fourth-order valence-electron chi connectivity index (χ4n) is 1.65. The van der Waals surface area contributed by atoms with Crippen LogP contribution in [-0.2, 0) is 6.54 Å².